The standard InChI is InChI=1S/C12H12FNO/c13-9-1-2-10-11(6-14-12(10)5-9)8-3-4-15-7-8/h1-2,5-6,8,14H,3-4,7H2/t8-/m0/s1. The number of benzene rings is 1. The smallest absolute Gasteiger partial charge is 0.125 e. The molecule has 3 rings (SSSR count). The first-order chi connectivity index (χ1) is 7.34. The minimum Gasteiger partial charge on any atom is -0.381 e. The first-order valence-electron chi connectivity index (χ1n) is 5.19. The Morgan fingerprint density at radius 2 is 2.33 bits per heavy atom. The van der Waals surface area contributed by atoms with Crippen LogP contribution in [0.15, 0.2) is 24.4 Å². The minimum absolute atomic E-state index is 0.196. The highest BCUT2D eigenvalue weighted by Crippen LogP contribution is 2.31. The maximum Gasteiger partial charge on any atom is 0.125 e. The Hall–Kier alpha value is -1.35. The number of H-pyrrole nitrogens is 1. The zero-order valence-corrected chi connectivity index (χ0v) is 8.29. The van der Waals surface area contributed by atoms with Gasteiger partial charge in [0.2, 0.25) is 0 Å². The second-order valence-electron chi connectivity index (χ2n) is 3.99. The summed E-state index contributed by atoms with van der Waals surface area (Å²) in [6, 6.07) is 4.89. The third-order valence-corrected chi connectivity index (χ3v) is 3.05. The van der Waals surface area contributed by atoms with Crippen molar-refractivity contribution in [3.8, 4) is 0 Å². The van der Waals surface area contributed by atoms with Crippen LogP contribution in [0.25, 0.3) is 10.9 Å². The molecule has 3 heteroatoms. The predicted molar refractivity (Wildman–Crippen MR) is 56.4 cm³/mol. The van der Waals surface area contributed by atoms with Gasteiger partial charge in [0.05, 0.1) is 6.61 Å². The molecule has 1 aliphatic heterocycles. The molecule has 15 heavy (non-hydrogen) atoms. The SMILES string of the molecule is Fc1ccc2c([C@H]3CCOC3)c[nH]c2c1. The van der Waals surface area contributed by atoms with Gasteiger partial charge in [-0.25, -0.2) is 4.39 Å². The van der Waals surface area contributed by atoms with E-state index in [9.17, 15) is 4.39 Å². The zero-order chi connectivity index (χ0) is 10.3. The van der Waals surface area contributed by atoms with Gasteiger partial charge in [-0.2, -0.15) is 0 Å². The summed E-state index contributed by atoms with van der Waals surface area (Å²) in [7, 11) is 0. The van der Waals surface area contributed by atoms with Gasteiger partial charge in [0.25, 0.3) is 0 Å². The second kappa shape index (κ2) is 3.35. The third-order valence-electron chi connectivity index (χ3n) is 3.05. The first-order valence-corrected chi connectivity index (χ1v) is 5.19. The van der Waals surface area contributed by atoms with Crippen molar-refractivity contribution in [2.45, 2.75) is 12.3 Å². The lowest BCUT2D eigenvalue weighted by atomic mass is 9.98. The average Bonchev–Trinajstić information content (AvgIpc) is 2.82. The van der Waals surface area contributed by atoms with E-state index >= 15 is 0 Å². The van der Waals surface area contributed by atoms with Gasteiger partial charge in [0.15, 0.2) is 0 Å². The number of aromatic amines is 1. The molecule has 1 aliphatic rings. The van der Waals surface area contributed by atoms with Crippen molar-refractivity contribution in [3.05, 3.63) is 35.8 Å². The summed E-state index contributed by atoms with van der Waals surface area (Å²) in [5.74, 6) is 0.266. The average molecular weight is 205 g/mol. The van der Waals surface area contributed by atoms with Gasteiger partial charge in [-0.3, -0.25) is 0 Å². The molecule has 1 N–H and O–H groups in total. The van der Waals surface area contributed by atoms with E-state index < -0.39 is 0 Å². The Bertz CT molecular complexity index is 485. The molecule has 1 aromatic heterocycles. The lowest BCUT2D eigenvalue weighted by Gasteiger charge is -2.05. The van der Waals surface area contributed by atoms with Crippen molar-refractivity contribution < 1.29 is 9.13 Å². The molecule has 0 spiro atoms. The number of fused-ring (bicyclic) bond motifs is 1. The summed E-state index contributed by atoms with van der Waals surface area (Å²) in [5, 5.41) is 1.12. The monoisotopic (exact) mass is 205 g/mol. The van der Waals surface area contributed by atoms with Gasteiger partial charge in [-0.15, -0.1) is 0 Å². The number of hydrogen-bond acceptors (Lipinski definition) is 1. The highest BCUT2D eigenvalue weighted by atomic mass is 19.1. The molecule has 1 saturated heterocycles. The Morgan fingerprint density at radius 1 is 1.40 bits per heavy atom. The van der Waals surface area contributed by atoms with Crippen molar-refractivity contribution in [1.82, 2.24) is 4.98 Å². The maximum absolute atomic E-state index is 13.0. The molecule has 0 saturated carbocycles. The van der Waals surface area contributed by atoms with Gasteiger partial charge in [-0.1, -0.05) is 0 Å². The van der Waals surface area contributed by atoms with Crippen LogP contribution in [0.3, 0.4) is 0 Å². The molecule has 1 fully saturated rings. The van der Waals surface area contributed by atoms with Crippen LogP contribution in [0.1, 0.15) is 17.9 Å². The molecular formula is C12H12FNO. The van der Waals surface area contributed by atoms with E-state index in [1.807, 2.05) is 12.3 Å². The molecule has 2 nitrogen and oxygen atoms in total. The summed E-state index contributed by atoms with van der Waals surface area (Å²) in [6.45, 7) is 1.61. The largest absolute Gasteiger partial charge is 0.381 e. The number of aromatic nitrogens is 1. The van der Waals surface area contributed by atoms with E-state index in [2.05, 4.69) is 4.98 Å². The third kappa shape index (κ3) is 1.43. The predicted octanol–water partition coefficient (Wildman–Crippen LogP) is 2.81. The van der Waals surface area contributed by atoms with Crippen LogP contribution in [-0.2, 0) is 4.74 Å². The van der Waals surface area contributed by atoms with E-state index in [-0.39, 0.29) is 5.82 Å². The molecule has 0 aliphatic carbocycles. The van der Waals surface area contributed by atoms with Crippen LogP contribution < -0.4 is 0 Å². The van der Waals surface area contributed by atoms with E-state index in [0.717, 1.165) is 30.5 Å². The van der Waals surface area contributed by atoms with Gasteiger partial charge >= 0.3 is 0 Å². The Morgan fingerprint density at radius 3 is 3.13 bits per heavy atom. The summed E-state index contributed by atoms with van der Waals surface area (Å²) in [4.78, 5) is 3.11. The minimum atomic E-state index is -0.196. The van der Waals surface area contributed by atoms with Crippen molar-refractivity contribution in [1.29, 1.82) is 0 Å². The van der Waals surface area contributed by atoms with E-state index in [0.29, 0.717) is 5.92 Å². The van der Waals surface area contributed by atoms with E-state index in [4.69, 9.17) is 4.74 Å². The fraction of sp³-hybridized carbons (Fsp3) is 0.333. The van der Waals surface area contributed by atoms with Gasteiger partial charge < -0.3 is 9.72 Å². The van der Waals surface area contributed by atoms with Crippen LogP contribution in [0, 0.1) is 5.82 Å². The molecule has 0 amide bonds. The van der Waals surface area contributed by atoms with Crippen LogP contribution in [-0.4, -0.2) is 18.2 Å². The van der Waals surface area contributed by atoms with Crippen molar-refractivity contribution in [2.75, 3.05) is 13.2 Å². The van der Waals surface area contributed by atoms with Crippen molar-refractivity contribution in [2.24, 2.45) is 0 Å². The molecule has 0 radical (unpaired) electrons. The number of ether oxygens (including phenoxy) is 1. The zero-order valence-electron chi connectivity index (χ0n) is 8.29. The van der Waals surface area contributed by atoms with Crippen LogP contribution in [0.5, 0.6) is 0 Å². The number of rotatable bonds is 1. The molecule has 2 aromatic rings. The molecule has 1 aromatic carbocycles. The number of nitrogens with one attached hydrogen (secondary N) is 1. The lowest BCUT2D eigenvalue weighted by molar-refractivity contribution is 0.194. The van der Waals surface area contributed by atoms with E-state index in [1.165, 1.54) is 17.7 Å². The summed E-state index contributed by atoms with van der Waals surface area (Å²) < 4.78 is 18.3. The Balaban J connectivity index is 2.11. The molecule has 0 unspecified atom stereocenters. The van der Waals surface area contributed by atoms with Crippen molar-refractivity contribution in [3.63, 3.8) is 0 Å². The Kier molecular flexibility index (Phi) is 1.99. The highest BCUT2D eigenvalue weighted by molar-refractivity contribution is 5.83. The van der Waals surface area contributed by atoms with Crippen molar-refractivity contribution >= 4 is 10.9 Å². The van der Waals surface area contributed by atoms with E-state index in [1.54, 1.807) is 0 Å². The van der Waals surface area contributed by atoms with Crippen LogP contribution >= 0.6 is 0 Å². The quantitative estimate of drug-likeness (QED) is 0.760. The highest BCUT2D eigenvalue weighted by Gasteiger charge is 2.20. The second-order valence-corrected chi connectivity index (χ2v) is 3.99. The normalized spacial score (nSPS) is 21.3. The number of hydrogen-bond donors (Lipinski definition) is 1. The molecule has 2 heterocycles. The molecule has 1 atom stereocenters. The van der Waals surface area contributed by atoms with Crippen LogP contribution in [0.2, 0.25) is 0 Å². The molecule has 0 bridgehead atoms. The first kappa shape index (κ1) is 8.92. The molecular weight excluding hydrogens is 193 g/mol. The fourth-order valence-corrected chi connectivity index (χ4v) is 2.24. The summed E-state index contributed by atoms with van der Waals surface area (Å²) in [5.41, 5.74) is 2.12. The fourth-order valence-electron chi connectivity index (χ4n) is 2.24. The topological polar surface area (TPSA) is 25.0 Å². The molecule has 78 valence electrons. The number of halogens is 1. The van der Waals surface area contributed by atoms with Gasteiger partial charge in [0, 0.05) is 29.6 Å². The Labute approximate surface area is 87.1 Å². The summed E-state index contributed by atoms with van der Waals surface area (Å²) >= 11 is 0. The maximum atomic E-state index is 13.0. The van der Waals surface area contributed by atoms with Gasteiger partial charge in [0.1, 0.15) is 5.82 Å². The summed E-state index contributed by atoms with van der Waals surface area (Å²) in [6.07, 6.45) is 3.04. The lowest BCUT2D eigenvalue weighted by Crippen LogP contribution is -1.95. The van der Waals surface area contributed by atoms with Gasteiger partial charge in [-0.05, 0) is 30.2 Å². The van der Waals surface area contributed by atoms with Crippen LogP contribution in [0.4, 0.5) is 4.39 Å².